The second kappa shape index (κ2) is 9.13. The Hall–Kier alpha value is -1.33. The molecule has 2 heterocycles. The zero-order valence-electron chi connectivity index (χ0n) is 18.7. The third-order valence-electron chi connectivity index (χ3n) is 8.29. The van der Waals surface area contributed by atoms with E-state index >= 15 is 0 Å². The molecule has 1 amide bonds. The van der Waals surface area contributed by atoms with Crippen LogP contribution in [0, 0.1) is 11.8 Å². The molecule has 0 radical (unpaired) electrons. The van der Waals surface area contributed by atoms with Crippen LogP contribution in [-0.2, 0) is 9.53 Å². The molecule has 3 fully saturated rings. The van der Waals surface area contributed by atoms with E-state index < -0.39 is 5.54 Å². The lowest BCUT2D eigenvalue weighted by molar-refractivity contribution is -0.136. The van der Waals surface area contributed by atoms with Crippen molar-refractivity contribution >= 4 is 29.1 Å². The summed E-state index contributed by atoms with van der Waals surface area (Å²) in [6.45, 7) is 2.76. The number of nitrogens with zero attached hydrogens (tertiary/aromatic N) is 1. The van der Waals surface area contributed by atoms with Gasteiger partial charge in [-0.05, 0) is 80.0 Å². The lowest BCUT2D eigenvalue weighted by Gasteiger charge is -2.53. The third kappa shape index (κ3) is 3.73. The van der Waals surface area contributed by atoms with Crippen molar-refractivity contribution in [3.63, 3.8) is 0 Å². The summed E-state index contributed by atoms with van der Waals surface area (Å²) in [6.07, 6.45) is 10.4. The SMILES string of the molecule is COC1CC(Cl)=CC=C1[C@@H]1CC[C@@]2(N3CCCCC3)C(=O)NC[C@H]2[C@H]1c1ccc(Cl)cc1. The van der Waals surface area contributed by atoms with Crippen LogP contribution in [-0.4, -0.2) is 49.2 Å². The Labute approximate surface area is 201 Å². The van der Waals surface area contributed by atoms with E-state index in [1.165, 1.54) is 30.4 Å². The Kier molecular flexibility index (Phi) is 6.41. The van der Waals surface area contributed by atoms with E-state index in [1.807, 2.05) is 18.2 Å². The summed E-state index contributed by atoms with van der Waals surface area (Å²) in [5, 5.41) is 4.85. The number of amides is 1. The third-order valence-corrected chi connectivity index (χ3v) is 8.82. The highest BCUT2D eigenvalue weighted by Gasteiger charge is 2.60. The summed E-state index contributed by atoms with van der Waals surface area (Å²) in [7, 11) is 1.77. The van der Waals surface area contributed by atoms with Crippen molar-refractivity contribution in [2.45, 2.75) is 56.1 Å². The number of ether oxygens (including phenoxy) is 1. The number of likely N-dealkylation sites (tertiary alicyclic amines) is 1. The predicted molar refractivity (Wildman–Crippen MR) is 129 cm³/mol. The van der Waals surface area contributed by atoms with E-state index in [0.717, 1.165) is 42.5 Å². The van der Waals surface area contributed by atoms with Crippen LogP contribution in [0.3, 0.4) is 0 Å². The predicted octanol–water partition coefficient (Wildman–Crippen LogP) is 5.27. The molecular formula is C26H32Cl2N2O2. The summed E-state index contributed by atoms with van der Waals surface area (Å²) in [4.78, 5) is 16.0. The van der Waals surface area contributed by atoms with Crippen LogP contribution in [0.25, 0.3) is 0 Å². The van der Waals surface area contributed by atoms with E-state index in [2.05, 4.69) is 28.4 Å². The number of allylic oxidation sites excluding steroid dienone is 2. The average Bonchev–Trinajstić information content (AvgIpc) is 3.17. The van der Waals surface area contributed by atoms with Crippen LogP contribution in [0.1, 0.15) is 50.0 Å². The quantitative estimate of drug-likeness (QED) is 0.645. The fourth-order valence-electron chi connectivity index (χ4n) is 6.84. The van der Waals surface area contributed by atoms with E-state index in [0.29, 0.717) is 12.3 Å². The van der Waals surface area contributed by atoms with Gasteiger partial charge in [0.1, 0.15) is 5.54 Å². The molecule has 1 aromatic carbocycles. The number of piperidine rings is 1. The van der Waals surface area contributed by atoms with Gasteiger partial charge < -0.3 is 10.1 Å². The maximum Gasteiger partial charge on any atom is 0.240 e. The van der Waals surface area contributed by atoms with E-state index in [1.54, 1.807) is 7.11 Å². The van der Waals surface area contributed by atoms with Crippen molar-refractivity contribution in [3.8, 4) is 0 Å². The molecule has 1 saturated carbocycles. The number of carbonyl (C=O) groups is 1. The Morgan fingerprint density at radius 1 is 1.09 bits per heavy atom. The summed E-state index contributed by atoms with van der Waals surface area (Å²) in [6, 6.07) is 8.27. The highest BCUT2D eigenvalue weighted by molar-refractivity contribution is 6.30. The van der Waals surface area contributed by atoms with Crippen LogP contribution in [0.5, 0.6) is 0 Å². The second-order valence-electron chi connectivity index (χ2n) is 9.72. The first kappa shape index (κ1) is 22.5. The second-order valence-corrected chi connectivity index (χ2v) is 10.6. The van der Waals surface area contributed by atoms with Crippen LogP contribution < -0.4 is 5.32 Å². The average molecular weight is 475 g/mol. The first-order chi connectivity index (χ1) is 15.5. The summed E-state index contributed by atoms with van der Waals surface area (Å²) < 4.78 is 5.90. The van der Waals surface area contributed by atoms with Crippen molar-refractivity contribution in [1.29, 1.82) is 0 Å². The van der Waals surface area contributed by atoms with Crippen LogP contribution in [0.2, 0.25) is 5.02 Å². The minimum absolute atomic E-state index is 0.0140. The Bertz CT molecular complexity index is 922. The molecule has 2 aliphatic carbocycles. The van der Waals surface area contributed by atoms with Gasteiger partial charge in [0.25, 0.3) is 0 Å². The molecule has 0 spiro atoms. The van der Waals surface area contributed by atoms with Crippen molar-refractivity contribution < 1.29 is 9.53 Å². The minimum atomic E-state index is -0.410. The van der Waals surface area contributed by atoms with Gasteiger partial charge in [-0.25, -0.2) is 0 Å². The number of halogens is 2. The fourth-order valence-corrected chi connectivity index (χ4v) is 7.17. The number of hydrogen-bond donors (Lipinski definition) is 1. The normalized spacial score (nSPS) is 35.7. The van der Waals surface area contributed by atoms with E-state index in [9.17, 15) is 4.79 Å². The van der Waals surface area contributed by atoms with Gasteiger partial charge in [0.15, 0.2) is 0 Å². The van der Waals surface area contributed by atoms with Crippen molar-refractivity contribution in [2.24, 2.45) is 11.8 Å². The molecule has 2 saturated heterocycles. The Morgan fingerprint density at radius 3 is 2.56 bits per heavy atom. The standard InChI is InChI=1S/C26H32Cl2N2O2/c1-32-23-15-19(28)9-10-20(23)21-11-12-26(30-13-3-2-4-14-30)22(16-29-25(26)31)24(21)17-5-7-18(27)8-6-17/h5-10,21-24H,2-4,11-16H2,1H3,(H,29,31)/t21-,22-,23?,24-,26-/m0/s1. The fraction of sp³-hybridized carbons (Fsp3) is 0.577. The van der Waals surface area contributed by atoms with Gasteiger partial charge in [0.2, 0.25) is 5.91 Å². The van der Waals surface area contributed by atoms with Crippen LogP contribution >= 0.6 is 23.2 Å². The monoisotopic (exact) mass is 474 g/mol. The molecule has 1 N–H and O–H groups in total. The van der Waals surface area contributed by atoms with Gasteiger partial charge in [-0.15, -0.1) is 0 Å². The van der Waals surface area contributed by atoms with Crippen LogP contribution in [0.4, 0.5) is 0 Å². The van der Waals surface area contributed by atoms with Gasteiger partial charge in [0.05, 0.1) is 6.10 Å². The van der Waals surface area contributed by atoms with Gasteiger partial charge >= 0.3 is 0 Å². The molecule has 1 unspecified atom stereocenters. The van der Waals surface area contributed by atoms with E-state index in [4.69, 9.17) is 27.9 Å². The first-order valence-corrected chi connectivity index (χ1v) is 12.7. The van der Waals surface area contributed by atoms with Crippen molar-refractivity contribution in [3.05, 3.63) is 57.6 Å². The highest BCUT2D eigenvalue weighted by Crippen LogP contribution is 2.55. The number of rotatable bonds is 4. The van der Waals surface area contributed by atoms with Gasteiger partial charge in [0, 0.05) is 36.0 Å². The van der Waals surface area contributed by atoms with Gasteiger partial charge in [-0.3, -0.25) is 9.69 Å². The zero-order valence-corrected chi connectivity index (χ0v) is 20.2. The minimum Gasteiger partial charge on any atom is -0.377 e. The van der Waals surface area contributed by atoms with Crippen molar-refractivity contribution in [1.82, 2.24) is 10.2 Å². The molecule has 5 rings (SSSR count). The molecule has 6 heteroatoms. The summed E-state index contributed by atoms with van der Waals surface area (Å²) in [5.74, 6) is 0.965. The molecule has 5 atom stereocenters. The van der Waals surface area contributed by atoms with Crippen molar-refractivity contribution in [2.75, 3.05) is 26.7 Å². The molecule has 2 aliphatic heterocycles. The molecule has 4 aliphatic rings. The maximum atomic E-state index is 13.5. The molecule has 32 heavy (non-hydrogen) atoms. The molecule has 172 valence electrons. The largest absolute Gasteiger partial charge is 0.377 e. The number of hydrogen-bond acceptors (Lipinski definition) is 3. The number of benzene rings is 1. The lowest BCUT2D eigenvalue weighted by atomic mass is 9.58. The Morgan fingerprint density at radius 2 is 1.84 bits per heavy atom. The number of carbonyl (C=O) groups excluding carboxylic acids is 1. The smallest absolute Gasteiger partial charge is 0.240 e. The maximum absolute atomic E-state index is 13.5. The molecular weight excluding hydrogens is 443 g/mol. The molecule has 4 nitrogen and oxygen atoms in total. The molecule has 0 bridgehead atoms. The Balaban J connectivity index is 1.59. The van der Waals surface area contributed by atoms with Gasteiger partial charge in [-0.1, -0.05) is 47.8 Å². The highest BCUT2D eigenvalue weighted by atomic mass is 35.5. The van der Waals surface area contributed by atoms with Crippen LogP contribution in [0.15, 0.2) is 47.0 Å². The summed E-state index contributed by atoms with van der Waals surface area (Å²) >= 11 is 12.6. The van der Waals surface area contributed by atoms with E-state index in [-0.39, 0.29) is 23.8 Å². The molecule has 1 aromatic rings. The number of methoxy groups -OCH3 is 1. The molecule has 0 aromatic heterocycles. The zero-order chi connectivity index (χ0) is 22.3. The summed E-state index contributed by atoms with van der Waals surface area (Å²) in [5.41, 5.74) is 2.16. The topological polar surface area (TPSA) is 41.6 Å². The first-order valence-electron chi connectivity index (χ1n) is 11.9. The number of fused-ring (bicyclic) bond motifs is 1. The number of nitrogens with one attached hydrogen (secondary N) is 1. The lowest BCUT2D eigenvalue weighted by Crippen LogP contribution is -2.62. The van der Waals surface area contributed by atoms with Gasteiger partial charge in [-0.2, -0.15) is 0 Å².